The minimum absolute atomic E-state index is 0.0988. The van der Waals surface area contributed by atoms with Crippen LogP contribution in [0.4, 0.5) is 0 Å². The summed E-state index contributed by atoms with van der Waals surface area (Å²) in [7, 11) is 0. The molecule has 0 fully saturated rings. The molecule has 8 heteroatoms. The van der Waals surface area contributed by atoms with E-state index in [0.717, 1.165) is 5.56 Å². The number of rotatable bonds is 7. The summed E-state index contributed by atoms with van der Waals surface area (Å²) in [4.78, 5) is 17.7. The molecule has 3 aromatic rings. The van der Waals surface area contributed by atoms with Crippen LogP contribution in [0.2, 0.25) is 0 Å². The SMILES string of the molecule is C=NN(/C=C(\C)c1nc2c(C#N)c[nH]n2c(=O)c1C(C)C)C(CC#N)c1ccccc1. The largest absolute Gasteiger partial charge is 0.295 e. The zero-order valence-corrected chi connectivity index (χ0v) is 17.7. The van der Waals surface area contributed by atoms with Gasteiger partial charge in [0, 0.05) is 24.7 Å². The Morgan fingerprint density at radius 1 is 1.35 bits per heavy atom. The van der Waals surface area contributed by atoms with E-state index in [1.165, 1.54) is 10.7 Å². The van der Waals surface area contributed by atoms with E-state index < -0.39 is 0 Å². The average molecular weight is 413 g/mol. The van der Waals surface area contributed by atoms with Gasteiger partial charge >= 0.3 is 0 Å². The Morgan fingerprint density at radius 2 is 2.06 bits per heavy atom. The van der Waals surface area contributed by atoms with Crippen molar-refractivity contribution in [3.05, 3.63) is 75.5 Å². The molecule has 0 spiro atoms. The first-order valence-corrected chi connectivity index (χ1v) is 9.82. The first-order valence-electron chi connectivity index (χ1n) is 9.82. The summed E-state index contributed by atoms with van der Waals surface area (Å²) in [6.07, 6.45) is 3.41. The van der Waals surface area contributed by atoms with Crippen LogP contribution in [0.1, 0.15) is 61.5 Å². The Hall–Kier alpha value is -4.17. The molecule has 0 bridgehead atoms. The predicted molar refractivity (Wildman–Crippen MR) is 119 cm³/mol. The molecule has 0 saturated carbocycles. The number of hydrogen-bond donors (Lipinski definition) is 1. The summed E-state index contributed by atoms with van der Waals surface area (Å²) in [5.41, 5.74) is 2.93. The number of nitrogens with one attached hydrogen (secondary N) is 1. The Kier molecular flexibility index (Phi) is 6.32. The van der Waals surface area contributed by atoms with E-state index in [1.54, 1.807) is 11.2 Å². The van der Waals surface area contributed by atoms with E-state index in [0.29, 0.717) is 16.8 Å². The summed E-state index contributed by atoms with van der Waals surface area (Å²) in [6, 6.07) is 13.5. The van der Waals surface area contributed by atoms with Gasteiger partial charge in [-0.3, -0.25) is 14.9 Å². The maximum Gasteiger partial charge on any atom is 0.276 e. The topological polar surface area (TPSA) is 113 Å². The molecule has 0 radical (unpaired) electrons. The number of H-pyrrole nitrogens is 1. The van der Waals surface area contributed by atoms with E-state index >= 15 is 0 Å². The highest BCUT2D eigenvalue weighted by atomic mass is 16.1. The molecule has 0 saturated heterocycles. The van der Waals surface area contributed by atoms with Crippen LogP contribution >= 0.6 is 0 Å². The molecule has 1 unspecified atom stereocenters. The number of aromatic amines is 1. The second kappa shape index (κ2) is 9.10. The molecule has 2 heterocycles. The first-order chi connectivity index (χ1) is 14.9. The van der Waals surface area contributed by atoms with Crippen molar-refractivity contribution in [3.63, 3.8) is 0 Å². The van der Waals surface area contributed by atoms with Crippen molar-refractivity contribution >= 4 is 17.9 Å². The molecule has 2 aromatic heterocycles. The number of nitrogens with zero attached hydrogens (tertiary/aromatic N) is 6. The summed E-state index contributed by atoms with van der Waals surface area (Å²) in [6.45, 7) is 9.33. The Labute approximate surface area is 180 Å². The van der Waals surface area contributed by atoms with Gasteiger partial charge in [-0.2, -0.15) is 15.6 Å². The van der Waals surface area contributed by atoms with Gasteiger partial charge in [-0.1, -0.05) is 44.2 Å². The van der Waals surface area contributed by atoms with E-state index in [4.69, 9.17) is 0 Å². The van der Waals surface area contributed by atoms with Crippen molar-refractivity contribution < 1.29 is 0 Å². The van der Waals surface area contributed by atoms with Gasteiger partial charge in [-0.25, -0.2) is 9.50 Å². The molecule has 3 rings (SSSR count). The summed E-state index contributed by atoms with van der Waals surface area (Å²) in [5, 5.41) is 27.2. The second-order valence-electron chi connectivity index (χ2n) is 7.41. The van der Waals surface area contributed by atoms with E-state index in [-0.39, 0.29) is 35.2 Å². The minimum atomic E-state index is -0.340. The molecule has 0 aliphatic rings. The average Bonchev–Trinajstić information content (AvgIpc) is 3.19. The van der Waals surface area contributed by atoms with Gasteiger partial charge in [-0.15, -0.1) is 0 Å². The van der Waals surface area contributed by atoms with Gasteiger partial charge in [0.1, 0.15) is 11.6 Å². The number of hydrogen-bond acceptors (Lipinski definition) is 6. The summed E-state index contributed by atoms with van der Waals surface area (Å²) in [5.74, 6) is -0.0988. The van der Waals surface area contributed by atoms with E-state index in [9.17, 15) is 15.3 Å². The smallest absolute Gasteiger partial charge is 0.276 e. The highest BCUT2D eigenvalue weighted by Gasteiger charge is 2.22. The number of fused-ring (bicyclic) bond motifs is 1. The van der Waals surface area contributed by atoms with Gasteiger partial charge in [0.15, 0.2) is 5.65 Å². The van der Waals surface area contributed by atoms with E-state index in [2.05, 4.69) is 34.0 Å². The number of nitriles is 2. The highest BCUT2D eigenvalue weighted by molar-refractivity contribution is 5.67. The number of aromatic nitrogens is 3. The first kappa shape index (κ1) is 21.5. The van der Waals surface area contributed by atoms with Crippen LogP contribution in [0.5, 0.6) is 0 Å². The van der Waals surface area contributed by atoms with Crippen molar-refractivity contribution in [1.82, 2.24) is 19.6 Å². The molecular weight excluding hydrogens is 390 g/mol. The fraction of sp³-hybridized carbons (Fsp3) is 0.261. The normalized spacial score (nSPS) is 12.4. The molecule has 0 amide bonds. The maximum atomic E-state index is 13.1. The van der Waals surface area contributed by atoms with Crippen molar-refractivity contribution in [1.29, 1.82) is 10.5 Å². The van der Waals surface area contributed by atoms with Crippen LogP contribution in [-0.4, -0.2) is 26.3 Å². The second-order valence-corrected chi connectivity index (χ2v) is 7.41. The zero-order valence-electron chi connectivity index (χ0n) is 17.7. The lowest BCUT2D eigenvalue weighted by molar-refractivity contribution is 0.300. The Morgan fingerprint density at radius 3 is 2.65 bits per heavy atom. The van der Waals surface area contributed by atoms with Crippen molar-refractivity contribution in [2.24, 2.45) is 5.10 Å². The van der Waals surface area contributed by atoms with Gasteiger partial charge < -0.3 is 0 Å². The number of benzene rings is 1. The van der Waals surface area contributed by atoms with Crippen LogP contribution in [0.3, 0.4) is 0 Å². The summed E-state index contributed by atoms with van der Waals surface area (Å²) < 4.78 is 1.29. The van der Waals surface area contributed by atoms with Crippen LogP contribution in [0.15, 0.2) is 52.6 Å². The molecule has 1 N–H and O–H groups in total. The molecule has 31 heavy (non-hydrogen) atoms. The molecular formula is C23H23N7O. The van der Waals surface area contributed by atoms with Crippen LogP contribution in [0, 0.1) is 22.7 Å². The highest BCUT2D eigenvalue weighted by Crippen LogP contribution is 2.28. The monoisotopic (exact) mass is 413 g/mol. The lowest BCUT2D eigenvalue weighted by Gasteiger charge is -2.25. The Bertz CT molecular complexity index is 1270. The third kappa shape index (κ3) is 4.10. The summed E-state index contributed by atoms with van der Waals surface area (Å²) >= 11 is 0. The minimum Gasteiger partial charge on any atom is -0.295 e. The van der Waals surface area contributed by atoms with Crippen molar-refractivity contribution in [3.8, 4) is 12.1 Å². The quantitative estimate of drug-likeness (QED) is 0.465. The molecule has 0 aliphatic carbocycles. The van der Waals surface area contributed by atoms with Crippen molar-refractivity contribution in [2.75, 3.05) is 0 Å². The van der Waals surface area contributed by atoms with Crippen molar-refractivity contribution in [2.45, 2.75) is 39.2 Å². The standard InChI is InChI=1S/C23H23N7O/c1-15(2)20-21(28-22-18(12-25)13-27-30(22)23(20)31)16(3)14-29(26-4)19(10-11-24)17-8-6-5-7-9-17/h5-9,13-15,19,27H,4,10H2,1-3H3/b16-14+. The lowest BCUT2D eigenvalue weighted by atomic mass is 9.98. The van der Waals surface area contributed by atoms with Gasteiger partial charge in [-0.05, 0) is 24.0 Å². The number of hydrazone groups is 1. The molecule has 156 valence electrons. The molecule has 0 aliphatic heterocycles. The fourth-order valence-electron chi connectivity index (χ4n) is 3.55. The molecule has 1 aromatic carbocycles. The number of allylic oxidation sites excluding steroid dienone is 1. The maximum absolute atomic E-state index is 13.1. The van der Waals surface area contributed by atoms with Crippen LogP contribution in [0.25, 0.3) is 11.2 Å². The van der Waals surface area contributed by atoms with Gasteiger partial charge in [0.05, 0.1) is 24.2 Å². The van der Waals surface area contributed by atoms with E-state index in [1.807, 2.05) is 51.1 Å². The van der Waals surface area contributed by atoms with Gasteiger partial charge in [0.25, 0.3) is 5.56 Å². The lowest BCUT2D eigenvalue weighted by Crippen LogP contribution is -2.24. The zero-order chi connectivity index (χ0) is 22.5. The molecule has 1 atom stereocenters. The van der Waals surface area contributed by atoms with Gasteiger partial charge in [0.2, 0.25) is 0 Å². The van der Waals surface area contributed by atoms with Crippen LogP contribution < -0.4 is 5.56 Å². The molecule has 8 nitrogen and oxygen atoms in total. The van der Waals surface area contributed by atoms with Crippen LogP contribution in [-0.2, 0) is 0 Å². The third-order valence-electron chi connectivity index (χ3n) is 5.05. The predicted octanol–water partition coefficient (Wildman–Crippen LogP) is 3.95. The Balaban J connectivity index is 2.18. The fourth-order valence-corrected chi connectivity index (χ4v) is 3.55. The third-order valence-corrected chi connectivity index (χ3v) is 5.05.